The van der Waals surface area contributed by atoms with Crippen molar-refractivity contribution in [3.63, 3.8) is 0 Å². The van der Waals surface area contributed by atoms with E-state index in [-0.39, 0.29) is 0 Å². The molecule has 1 saturated heterocycles. The fourth-order valence-electron chi connectivity index (χ4n) is 2.96. The van der Waals surface area contributed by atoms with Gasteiger partial charge in [0.25, 0.3) is 0 Å². The third-order valence-corrected chi connectivity index (χ3v) is 4.10. The monoisotopic (exact) mass is 271 g/mol. The molecule has 2 aliphatic rings. The van der Waals surface area contributed by atoms with Gasteiger partial charge >= 0.3 is 0 Å². The van der Waals surface area contributed by atoms with Gasteiger partial charge < -0.3 is 10.6 Å². The first kappa shape index (κ1) is 13.3. The Morgan fingerprint density at radius 2 is 2.20 bits per heavy atom. The van der Waals surface area contributed by atoms with Gasteiger partial charge in [0.2, 0.25) is 0 Å². The maximum Gasteiger partial charge on any atom is 0.144 e. The third kappa shape index (κ3) is 2.92. The number of hydrogen-bond acceptors (Lipinski definition) is 5. The molecule has 0 unspecified atom stereocenters. The van der Waals surface area contributed by atoms with Crippen LogP contribution in [0.25, 0.3) is 0 Å². The topological polar surface area (TPSA) is 64.0 Å². The molecule has 1 aliphatic heterocycles. The first-order chi connectivity index (χ1) is 9.86. The Labute approximate surface area is 120 Å². The Morgan fingerprint density at radius 1 is 1.35 bits per heavy atom. The van der Waals surface area contributed by atoms with Crippen molar-refractivity contribution in [2.75, 3.05) is 44.6 Å². The minimum Gasteiger partial charge on any atom is -0.368 e. The van der Waals surface area contributed by atoms with Crippen molar-refractivity contribution in [1.29, 1.82) is 5.26 Å². The average Bonchev–Trinajstić information content (AvgIpc) is 2.94. The third-order valence-electron chi connectivity index (χ3n) is 4.10. The summed E-state index contributed by atoms with van der Waals surface area (Å²) in [5.41, 5.74) is 3.12. The molecule has 5 nitrogen and oxygen atoms in total. The standard InChI is InChI=1S/C15H21N5/c16-11-13-10-12-2-1-3-14(12)19-15(13)18-6-9-20-7-4-17-5-8-20/h10,17H,1-9H2,(H,18,19). The first-order valence-electron chi connectivity index (χ1n) is 7.46. The lowest BCUT2D eigenvalue weighted by molar-refractivity contribution is 0.249. The van der Waals surface area contributed by atoms with Crippen LogP contribution in [0, 0.1) is 11.3 Å². The molecular formula is C15H21N5. The van der Waals surface area contributed by atoms with Crippen LogP contribution in [0.2, 0.25) is 0 Å². The van der Waals surface area contributed by atoms with Crippen molar-refractivity contribution < 1.29 is 0 Å². The van der Waals surface area contributed by atoms with Crippen molar-refractivity contribution >= 4 is 5.82 Å². The molecule has 0 atom stereocenters. The van der Waals surface area contributed by atoms with Crippen molar-refractivity contribution in [2.24, 2.45) is 0 Å². The number of fused-ring (bicyclic) bond motifs is 1. The minimum atomic E-state index is 0.686. The maximum absolute atomic E-state index is 9.25. The molecule has 0 spiro atoms. The van der Waals surface area contributed by atoms with Crippen LogP contribution in [-0.4, -0.2) is 49.2 Å². The van der Waals surface area contributed by atoms with Gasteiger partial charge in [-0.25, -0.2) is 4.98 Å². The van der Waals surface area contributed by atoms with Crippen LogP contribution in [0.4, 0.5) is 5.82 Å². The Kier molecular flexibility index (Phi) is 4.14. The van der Waals surface area contributed by atoms with Gasteiger partial charge in [0.05, 0.1) is 5.56 Å². The minimum absolute atomic E-state index is 0.686. The largest absolute Gasteiger partial charge is 0.368 e. The van der Waals surface area contributed by atoms with Crippen LogP contribution < -0.4 is 10.6 Å². The van der Waals surface area contributed by atoms with E-state index in [0.717, 1.165) is 64.3 Å². The maximum atomic E-state index is 9.25. The SMILES string of the molecule is N#Cc1cc2c(nc1NCCN1CCNCC1)CCC2. The Morgan fingerprint density at radius 3 is 3.00 bits per heavy atom. The summed E-state index contributed by atoms with van der Waals surface area (Å²) in [7, 11) is 0. The summed E-state index contributed by atoms with van der Waals surface area (Å²) in [5, 5.41) is 15.9. The number of nitrogens with zero attached hydrogens (tertiary/aromatic N) is 3. The van der Waals surface area contributed by atoms with Gasteiger partial charge in [-0.3, -0.25) is 4.90 Å². The highest BCUT2D eigenvalue weighted by Crippen LogP contribution is 2.24. The summed E-state index contributed by atoms with van der Waals surface area (Å²) >= 11 is 0. The van der Waals surface area contributed by atoms with Gasteiger partial charge in [0.1, 0.15) is 11.9 Å². The molecule has 20 heavy (non-hydrogen) atoms. The zero-order valence-electron chi connectivity index (χ0n) is 11.8. The molecule has 2 N–H and O–H groups in total. The Bertz CT molecular complexity index is 514. The van der Waals surface area contributed by atoms with E-state index >= 15 is 0 Å². The molecule has 106 valence electrons. The van der Waals surface area contributed by atoms with Crippen molar-refractivity contribution in [1.82, 2.24) is 15.2 Å². The number of aromatic nitrogens is 1. The fraction of sp³-hybridized carbons (Fsp3) is 0.600. The summed E-state index contributed by atoms with van der Waals surface area (Å²) in [5.74, 6) is 0.767. The summed E-state index contributed by atoms with van der Waals surface area (Å²) < 4.78 is 0. The number of nitriles is 1. The highest BCUT2D eigenvalue weighted by Gasteiger charge is 2.16. The first-order valence-corrected chi connectivity index (χ1v) is 7.46. The molecule has 1 fully saturated rings. The molecule has 0 bridgehead atoms. The van der Waals surface area contributed by atoms with Crippen LogP contribution in [0.5, 0.6) is 0 Å². The lowest BCUT2D eigenvalue weighted by Crippen LogP contribution is -2.45. The average molecular weight is 271 g/mol. The quantitative estimate of drug-likeness (QED) is 0.846. The van der Waals surface area contributed by atoms with E-state index in [9.17, 15) is 5.26 Å². The van der Waals surface area contributed by atoms with Crippen LogP contribution >= 0.6 is 0 Å². The highest BCUT2D eigenvalue weighted by atomic mass is 15.2. The molecule has 1 aromatic heterocycles. The van der Waals surface area contributed by atoms with Gasteiger partial charge in [0, 0.05) is 45.0 Å². The number of aryl methyl sites for hydroxylation is 2. The van der Waals surface area contributed by atoms with Gasteiger partial charge in [-0.15, -0.1) is 0 Å². The predicted molar refractivity (Wildman–Crippen MR) is 78.8 cm³/mol. The van der Waals surface area contributed by atoms with Crippen molar-refractivity contribution in [2.45, 2.75) is 19.3 Å². The predicted octanol–water partition coefficient (Wildman–Crippen LogP) is 0.759. The van der Waals surface area contributed by atoms with E-state index in [1.54, 1.807) is 0 Å². The summed E-state index contributed by atoms with van der Waals surface area (Å²) in [6.07, 6.45) is 3.28. The number of hydrogen-bond donors (Lipinski definition) is 2. The van der Waals surface area contributed by atoms with Crippen LogP contribution in [0.1, 0.15) is 23.2 Å². The van der Waals surface area contributed by atoms with Gasteiger partial charge in [-0.1, -0.05) is 0 Å². The van der Waals surface area contributed by atoms with E-state index in [1.165, 1.54) is 11.3 Å². The van der Waals surface area contributed by atoms with Crippen LogP contribution in [0.3, 0.4) is 0 Å². The smallest absolute Gasteiger partial charge is 0.144 e. The number of anilines is 1. The van der Waals surface area contributed by atoms with Gasteiger partial charge in [-0.2, -0.15) is 5.26 Å². The Hall–Kier alpha value is -1.64. The van der Waals surface area contributed by atoms with Gasteiger partial charge in [-0.05, 0) is 30.9 Å². The van der Waals surface area contributed by atoms with E-state index in [2.05, 4.69) is 26.6 Å². The molecular weight excluding hydrogens is 250 g/mol. The summed E-state index contributed by atoms with van der Waals surface area (Å²) in [4.78, 5) is 7.08. The van der Waals surface area contributed by atoms with Crippen LogP contribution in [-0.2, 0) is 12.8 Å². The molecule has 0 radical (unpaired) electrons. The molecule has 1 aliphatic carbocycles. The van der Waals surface area contributed by atoms with Crippen molar-refractivity contribution in [3.05, 3.63) is 22.9 Å². The van der Waals surface area contributed by atoms with Crippen molar-refractivity contribution in [3.8, 4) is 6.07 Å². The van der Waals surface area contributed by atoms with Crippen LogP contribution in [0.15, 0.2) is 6.07 Å². The fourth-order valence-corrected chi connectivity index (χ4v) is 2.96. The lowest BCUT2D eigenvalue weighted by Gasteiger charge is -2.27. The molecule has 0 aromatic carbocycles. The Balaban J connectivity index is 1.60. The number of rotatable bonds is 4. The van der Waals surface area contributed by atoms with E-state index in [0.29, 0.717) is 5.56 Å². The zero-order valence-corrected chi connectivity index (χ0v) is 11.8. The molecule has 0 amide bonds. The molecule has 2 heterocycles. The second-order valence-electron chi connectivity index (χ2n) is 5.47. The molecule has 3 rings (SSSR count). The van der Waals surface area contributed by atoms with Gasteiger partial charge in [0.15, 0.2) is 0 Å². The zero-order chi connectivity index (χ0) is 13.8. The number of piperazine rings is 1. The summed E-state index contributed by atoms with van der Waals surface area (Å²) in [6, 6.07) is 4.28. The highest BCUT2D eigenvalue weighted by molar-refractivity contribution is 5.55. The normalized spacial score (nSPS) is 18.6. The molecule has 1 aromatic rings. The lowest BCUT2D eigenvalue weighted by atomic mass is 10.1. The van der Waals surface area contributed by atoms with E-state index in [4.69, 9.17) is 0 Å². The molecule has 5 heteroatoms. The number of pyridine rings is 1. The molecule has 0 saturated carbocycles. The number of nitrogens with one attached hydrogen (secondary N) is 2. The second kappa shape index (κ2) is 6.21. The van der Waals surface area contributed by atoms with E-state index < -0.39 is 0 Å². The summed E-state index contributed by atoms with van der Waals surface area (Å²) in [6.45, 7) is 6.20. The van der Waals surface area contributed by atoms with E-state index in [1.807, 2.05) is 6.07 Å². The second-order valence-corrected chi connectivity index (χ2v) is 5.47.